The number of aryl methyl sites for hydroxylation is 1. The Morgan fingerprint density at radius 1 is 1.20 bits per heavy atom. The molecule has 0 saturated carbocycles. The third-order valence-electron chi connectivity index (χ3n) is 4.73. The first kappa shape index (κ1) is 21.4. The second-order valence-corrected chi connectivity index (χ2v) is 12.6. The highest BCUT2D eigenvalue weighted by Gasteiger charge is 2.39. The van der Waals surface area contributed by atoms with Crippen LogP contribution in [-0.4, -0.2) is 28.5 Å². The lowest BCUT2D eigenvalue weighted by molar-refractivity contribution is -0.134. The van der Waals surface area contributed by atoms with Crippen molar-refractivity contribution in [3.63, 3.8) is 0 Å². The minimum atomic E-state index is -1.97. The van der Waals surface area contributed by atoms with E-state index < -0.39 is 8.32 Å². The van der Waals surface area contributed by atoms with Gasteiger partial charge in [-0.2, -0.15) is 0 Å². The number of carbonyl (C=O) groups excluding carboxylic acids is 1. The van der Waals surface area contributed by atoms with Gasteiger partial charge < -0.3 is 13.9 Å². The van der Waals surface area contributed by atoms with Crippen LogP contribution < -0.4 is 4.74 Å². The molecule has 0 spiro atoms. The molecule has 0 N–H and O–H groups in total. The molecular weight excluding hydrogens is 332 g/mol. The summed E-state index contributed by atoms with van der Waals surface area (Å²) >= 11 is 0. The summed E-state index contributed by atoms with van der Waals surface area (Å²) in [6.45, 7) is 13.2. The van der Waals surface area contributed by atoms with Crippen LogP contribution in [0.15, 0.2) is 30.4 Å². The van der Waals surface area contributed by atoms with Crippen LogP contribution in [0.2, 0.25) is 18.1 Å². The number of benzene rings is 1. The average molecular weight is 365 g/mol. The molecule has 25 heavy (non-hydrogen) atoms. The van der Waals surface area contributed by atoms with Gasteiger partial charge in [0.2, 0.25) is 0 Å². The Kier molecular flexibility index (Phi) is 7.44. The largest absolute Gasteiger partial charge is 0.497 e. The number of esters is 1. The Labute approximate surface area is 153 Å². The van der Waals surface area contributed by atoms with Crippen molar-refractivity contribution in [2.75, 3.05) is 14.2 Å². The zero-order chi connectivity index (χ0) is 19.3. The summed E-state index contributed by atoms with van der Waals surface area (Å²) in [7, 11) is 1.07. The summed E-state index contributed by atoms with van der Waals surface area (Å²) in [5, 5.41) is 0.102. The van der Waals surface area contributed by atoms with Crippen molar-refractivity contribution in [3.8, 4) is 5.75 Å². The second kappa shape index (κ2) is 8.67. The average Bonchev–Trinajstić information content (AvgIpc) is 2.51. The Balaban J connectivity index is 3.17. The fourth-order valence-electron chi connectivity index (χ4n) is 2.22. The van der Waals surface area contributed by atoms with Gasteiger partial charge in [-0.15, -0.1) is 0 Å². The predicted molar refractivity (Wildman–Crippen MR) is 105 cm³/mol. The fraction of sp³-hybridized carbons (Fsp3) is 0.550. The van der Waals surface area contributed by atoms with Crippen LogP contribution in [0.5, 0.6) is 5.75 Å². The Hall–Kier alpha value is -1.59. The normalized spacial score (nSPS) is 13.8. The highest BCUT2D eigenvalue weighted by Crippen LogP contribution is 2.41. The first-order chi connectivity index (χ1) is 11.5. The van der Waals surface area contributed by atoms with Gasteiger partial charge in [-0.05, 0) is 54.7 Å². The van der Waals surface area contributed by atoms with Crippen LogP contribution in [0, 0.1) is 6.92 Å². The molecule has 0 fully saturated rings. The van der Waals surface area contributed by atoms with Gasteiger partial charge in [0, 0.05) is 6.08 Å². The van der Waals surface area contributed by atoms with Crippen molar-refractivity contribution in [2.24, 2.45) is 0 Å². The highest BCUT2D eigenvalue weighted by molar-refractivity contribution is 6.74. The van der Waals surface area contributed by atoms with E-state index in [0.29, 0.717) is 6.42 Å². The summed E-state index contributed by atoms with van der Waals surface area (Å²) < 4.78 is 16.7. The van der Waals surface area contributed by atoms with E-state index in [1.54, 1.807) is 7.11 Å². The number of methoxy groups -OCH3 is 2. The number of carbonyl (C=O) groups is 1. The van der Waals surface area contributed by atoms with E-state index in [2.05, 4.69) is 44.7 Å². The maximum atomic E-state index is 11.4. The molecule has 0 heterocycles. The molecule has 1 unspecified atom stereocenters. The van der Waals surface area contributed by atoms with Crippen LogP contribution in [0.3, 0.4) is 0 Å². The van der Waals surface area contributed by atoms with Crippen molar-refractivity contribution >= 4 is 14.3 Å². The number of ether oxygens (including phenoxy) is 2. The molecule has 1 atom stereocenters. The summed E-state index contributed by atoms with van der Waals surface area (Å²) in [4.78, 5) is 11.4. The first-order valence-corrected chi connectivity index (χ1v) is 11.5. The predicted octanol–water partition coefficient (Wildman–Crippen LogP) is 5.19. The number of hydrogen-bond acceptors (Lipinski definition) is 4. The molecule has 0 aromatic heterocycles. The van der Waals surface area contributed by atoms with Gasteiger partial charge in [0.05, 0.1) is 20.3 Å². The zero-order valence-electron chi connectivity index (χ0n) is 16.8. The minimum Gasteiger partial charge on any atom is -0.497 e. The summed E-state index contributed by atoms with van der Waals surface area (Å²) in [6.07, 6.45) is 3.75. The molecule has 0 bridgehead atoms. The van der Waals surface area contributed by atoms with E-state index >= 15 is 0 Å². The minimum absolute atomic E-state index is 0.102. The van der Waals surface area contributed by atoms with Gasteiger partial charge in [0.1, 0.15) is 5.75 Å². The van der Waals surface area contributed by atoms with E-state index in [4.69, 9.17) is 9.16 Å². The molecule has 0 radical (unpaired) electrons. The maximum absolute atomic E-state index is 11.4. The summed E-state index contributed by atoms with van der Waals surface area (Å²) in [6, 6.07) is 6.13. The van der Waals surface area contributed by atoms with Crippen LogP contribution in [0.1, 0.15) is 44.4 Å². The Morgan fingerprint density at radius 3 is 2.36 bits per heavy atom. The lowest BCUT2D eigenvalue weighted by atomic mass is 10.0. The third-order valence-corrected chi connectivity index (χ3v) is 9.22. The van der Waals surface area contributed by atoms with Gasteiger partial charge in [-0.1, -0.05) is 32.9 Å². The monoisotopic (exact) mass is 364 g/mol. The molecule has 5 heteroatoms. The van der Waals surface area contributed by atoms with Crippen molar-refractivity contribution < 1.29 is 18.7 Å². The molecule has 0 aliphatic heterocycles. The van der Waals surface area contributed by atoms with E-state index in [1.807, 2.05) is 25.1 Å². The smallest absolute Gasteiger partial charge is 0.330 e. The molecule has 0 amide bonds. The van der Waals surface area contributed by atoms with Gasteiger partial charge in [0.25, 0.3) is 0 Å². The van der Waals surface area contributed by atoms with E-state index in [-0.39, 0.29) is 17.1 Å². The topological polar surface area (TPSA) is 44.8 Å². The highest BCUT2D eigenvalue weighted by atomic mass is 28.4. The SMILES string of the molecule is COC(=O)/C=C/CC(O[Si](C)(C)C(C)(C)C)c1cc(C)cc(OC)c1. The maximum Gasteiger partial charge on any atom is 0.330 e. The summed E-state index contributed by atoms with van der Waals surface area (Å²) in [5.41, 5.74) is 2.19. The Bertz CT molecular complexity index is 615. The van der Waals surface area contributed by atoms with Gasteiger partial charge in [-0.25, -0.2) is 4.79 Å². The molecule has 1 aromatic carbocycles. The van der Waals surface area contributed by atoms with Crippen LogP contribution >= 0.6 is 0 Å². The van der Waals surface area contributed by atoms with Crippen LogP contribution in [-0.2, 0) is 14.0 Å². The molecular formula is C20H32O4Si. The standard InChI is InChI=1S/C20H32O4Si/c1-15-12-16(14-17(13-15)22-5)18(10-9-11-19(21)23-6)24-25(7,8)20(2,3)4/h9,11-14,18H,10H2,1-8H3/b11-9+. The zero-order valence-corrected chi connectivity index (χ0v) is 17.8. The van der Waals surface area contributed by atoms with Gasteiger partial charge in [-0.3, -0.25) is 0 Å². The van der Waals surface area contributed by atoms with Gasteiger partial charge >= 0.3 is 5.97 Å². The molecule has 0 saturated heterocycles. The molecule has 4 nitrogen and oxygen atoms in total. The molecule has 1 aromatic rings. The Morgan fingerprint density at radius 2 is 1.84 bits per heavy atom. The van der Waals surface area contributed by atoms with Gasteiger partial charge in [0.15, 0.2) is 8.32 Å². The van der Waals surface area contributed by atoms with Crippen molar-refractivity contribution in [2.45, 2.75) is 58.4 Å². The van der Waals surface area contributed by atoms with E-state index in [9.17, 15) is 4.79 Å². The lowest BCUT2D eigenvalue weighted by Gasteiger charge is -2.39. The quantitative estimate of drug-likeness (QED) is 0.380. The summed E-state index contributed by atoms with van der Waals surface area (Å²) in [5.74, 6) is 0.462. The van der Waals surface area contributed by atoms with Crippen LogP contribution in [0.25, 0.3) is 0 Å². The second-order valence-electron chi connectivity index (χ2n) is 7.81. The fourth-order valence-corrected chi connectivity index (χ4v) is 3.52. The van der Waals surface area contributed by atoms with Crippen LogP contribution in [0.4, 0.5) is 0 Å². The van der Waals surface area contributed by atoms with Crippen molar-refractivity contribution in [3.05, 3.63) is 41.5 Å². The molecule has 140 valence electrons. The third kappa shape index (κ3) is 6.33. The lowest BCUT2D eigenvalue weighted by Crippen LogP contribution is -2.41. The first-order valence-electron chi connectivity index (χ1n) is 8.58. The van der Waals surface area contributed by atoms with Crippen molar-refractivity contribution in [1.29, 1.82) is 0 Å². The number of hydrogen-bond donors (Lipinski definition) is 0. The van der Waals surface area contributed by atoms with E-state index in [0.717, 1.165) is 16.9 Å². The molecule has 0 aliphatic rings. The molecule has 1 rings (SSSR count). The number of rotatable bonds is 7. The van der Waals surface area contributed by atoms with E-state index in [1.165, 1.54) is 13.2 Å². The van der Waals surface area contributed by atoms with Crippen molar-refractivity contribution in [1.82, 2.24) is 0 Å². The molecule has 0 aliphatic carbocycles.